The molecule has 0 N–H and O–H groups in total. The summed E-state index contributed by atoms with van der Waals surface area (Å²) in [4.78, 5) is 39.2. The fraction of sp³-hybridized carbons (Fsp3) is 0.240. The Labute approximate surface area is 228 Å². The van der Waals surface area contributed by atoms with E-state index >= 15 is 0 Å². The largest absolute Gasteiger partial charge is 0.513 e. The van der Waals surface area contributed by atoms with Gasteiger partial charge in [-0.05, 0) is 37.3 Å². The van der Waals surface area contributed by atoms with Crippen LogP contribution in [0, 0.1) is 6.92 Å². The minimum Gasteiger partial charge on any atom is -0.484 e. The van der Waals surface area contributed by atoms with Crippen molar-refractivity contribution >= 4 is 39.8 Å². The van der Waals surface area contributed by atoms with Crippen LogP contribution in [0.15, 0.2) is 60.0 Å². The van der Waals surface area contributed by atoms with Crippen molar-refractivity contribution in [2.75, 3.05) is 25.7 Å². The average Bonchev–Trinajstić information content (AvgIpc) is 3.32. The molecular formula is C25H22F3N5O6S. The molecule has 1 unspecified atom stereocenters. The van der Waals surface area contributed by atoms with Crippen molar-refractivity contribution in [3.05, 3.63) is 66.1 Å². The van der Waals surface area contributed by atoms with E-state index in [2.05, 4.69) is 19.7 Å². The van der Waals surface area contributed by atoms with Crippen LogP contribution in [0.25, 0.3) is 11.0 Å². The molecule has 1 amide bonds. The average molecular weight is 578 g/mol. The van der Waals surface area contributed by atoms with Gasteiger partial charge in [-0.2, -0.15) is 13.2 Å². The molecule has 1 atom stereocenters. The second-order valence-electron chi connectivity index (χ2n) is 8.22. The van der Waals surface area contributed by atoms with Gasteiger partial charge in [-0.15, -0.1) is 0 Å². The Hall–Kier alpha value is -4.53. The number of ether oxygens (including phenoxy) is 3. The van der Waals surface area contributed by atoms with Crippen LogP contribution in [0.4, 0.5) is 28.6 Å². The van der Waals surface area contributed by atoms with Crippen LogP contribution in [0.2, 0.25) is 0 Å². The lowest BCUT2D eigenvalue weighted by Gasteiger charge is -2.20. The van der Waals surface area contributed by atoms with E-state index in [-0.39, 0.29) is 39.5 Å². The lowest BCUT2D eigenvalue weighted by Crippen LogP contribution is -2.33. The number of amides is 1. The normalized spacial score (nSPS) is 12.2. The van der Waals surface area contributed by atoms with Crippen molar-refractivity contribution in [1.29, 1.82) is 0 Å². The molecule has 3 heterocycles. The SMILES string of the molecule is COC(=O)Oc1cccnc1N(C)C(=O)n1c(S(=O)Cc2nccc(OCC(F)(F)F)c2C)nc2ccccc21. The summed E-state index contributed by atoms with van der Waals surface area (Å²) in [5.74, 6) is -0.417. The fourth-order valence-electron chi connectivity index (χ4n) is 3.64. The van der Waals surface area contributed by atoms with Gasteiger partial charge in [0.2, 0.25) is 5.16 Å². The van der Waals surface area contributed by atoms with E-state index in [0.29, 0.717) is 11.0 Å². The summed E-state index contributed by atoms with van der Waals surface area (Å²) in [7, 11) is 0.515. The van der Waals surface area contributed by atoms with Crippen LogP contribution in [-0.2, 0) is 21.3 Å². The maximum Gasteiger partial charge on any atom is 0.513 e. The summed E-state index contributed by atoms with van der Waals surface area (Å²) in [6.45, 7) is 0.00325. The number of hydrogen-bond donors (Lipinski definition) is 0. The number of aromatic nitrogens is 4. The molecular weight excluding hydrogens is 555 g/mol. The summed E-state index contributed by atoms with van der Waals surface area (Å²) in [6.07, 6.45) is -2.92. The Morgan fingerprint density at radius 3 is 2.52 bits per heavy atom. The third kappa shape index (κ3) is 6.20. The van der Waals surface area contributed by atoms with E-state index in [1.807, 2.05) is 0 Å². The van der Waals surface area contributed by atoms with Crippen molar-refractivity contribution in [2.45, 2.75) is 24.0 Å². The first-order valence-electron chi connectivity index (χ1n) is 11.5. The predicted octanol–water partition coefficient (Wildman–Crippen LogP) is 4.63. The van der Waals surface area contributed by atoms with Gasteiger partial charge in [-0.25, -0.2) is 24.1 Å². The molecule has 0 bridgehead atoms. The molecule has 0 saturated carbocycles. The minimum atomic E-state index is -4.54. The molecule has 0 aliphatic rings. The Kier molecular flexibility index (Phi) is 8.32. The number of carbonyl (C=O) groups is 2. The molecule has 0 spiro atoms. The van der Waals surface area contributed by atoms with Gasteiger partial charge in [0.15, 0.2) is 18.2 Å². The van der Waals surface area contributed by atoms with E-state index in [9.17, 15) is 27.0 Å². The number of fused-ring (bicyclic) bond motifs is 1. The molecule has 15 heteroatoms. The quantitative estimate of drug-likeness (QED) is 0.289. The molecule has 0 aliphatic carbocycles. The molecule has 40 heavy (non-hydrogen) atoms. The zero-order chi connectivity index (χ0) is 29.0. The number of hydrogen-bond acceptors (Lipinski definition) is 9. The molecule has 210 valence electrons. The third-order valence-corrected chi connectivity index (χ3v) is 6.78. The number of carbonyl (C=O) groups excluding carboxylic acids is 2. The number of methoxy groups -OCH3 is 1. The third-order valence-electron chi connectivity index (χ3n) is 5.56. The van der Waals surface area contributed by atoms with Crippen LogP contribution in [0.5, 0.6) is 11.5 Å². The molecule has 3 aromatic heterocycles. The van der Waals surface area contributed by atoms with Gasteiger partial charge < -0.3 is 14.2 Å². The molecule has 0 radical (unpaired) electrons. The lowest BCUT2D eigenvalue weighted by atomic mass is 10.2. The Morgan fingerprint density at radius 1 is 1.05 bits per heavy atom. The summed E-state index contributed by atoms with van der Waals surface area (Å²) in [5, 5.41) is -0.132. The first kappa shape index (κ1) is 28.5. The highest BCUT2D eigenvalue weighted by atomic mass is 32.2. The number of imidazole rings is 1. The number of anilines is 1. The Bertz CT molecular complexity index is 1590. The number of rotatable bonds is 7. The second kappa shape index (κ2) is 11.7. The van der Waals surface area contributed by atoms with E-state index in [0.717, 1.165) is 16.6 Å². The number of nitrogens with zero attached hydrogens (tertiary/aromatic N) is 5. The van der Waals surface area contributed by atoms with Crippen LogP contribution in [0.3, 0.4) is 0 Å². The molecule has 0 aliphatic heterocycles. The molecule has 0 saturated heterocycles. The van der Waals surface area contributed by atoms with Gasteiger partial charge in [-0.3, -0.25) is 14.1 Å². The standard InChI is InChI=1S/C25H22F3N5O6S/c1-15-17(29-12-10-19(15)38-14-25(26,27)28)13-40(36)22-31-16-7-4-5-8-18(16)33(22)23(34)32(2)21-20(9-6-11-30-21)39-24(35)37-3/h4-12H,13-14H2,1-3H3. The number of benzene rings is 1. The zero-order valence-electron chi connectivity index (χ0n) is 21.3. The van der Waals surface area contributed by atoms with E-state index in [4.69, 9.17) is 9.47 Å². The highest BCUT2D eigenvalue weighted by Gasteiger charge is 2.30. The highest BCUT2D eigenvalue weighted by molar-refractivity contribution is 7.84. The van der Waals surface area contributed by atoms with Gasteiger partial charge >= 0.3 is 18.4 Å². The van der Waals surface area contributed by atoms with E-state index in [1.54, 1.807) is 24.3 Å². The summed E-state index contributed by atoms with van der Waals surface area (Å²) < 4.78 is 67.2. The Balaban J connectivity index is 1.70. The monoisotopic (exact) mass is 577 g/mol. The maximum absolute atomic E-state index is 13.8. The second-order valence-corrected chi connectivity index (χ2v) is 9.56. The smallest absolute Gasteiger partial charge is 0.484 e. The van der Waals surface area contributed by atoms with Gasteiger partial charge in [-0.1, -0.05) is 12.1 Å². The van der Waals surface area contributed by atoms with Crippen molar-refractivity contribution in [3.8, 4) is 11.5 Å². The van der Waals surface area contributed by atoms with Gasteiger partial charge in [0.1, 0.15) is 5.75 Å². The summed E-state index contributed by atoms with van der Waals surface area (Å²) in [6, 6.07) is 10.1. The van der Waals surface area contributed by atoms with Crippen LogP contribution >= 0.6 is 0 Å². The van der Waals surface area contributed by atoms with Crippen LogP contribution in [0.1, 0.15) is 11.3 Å². The Morgan fingerprint density at radius 2 is 1.80 bits per heavy atom. The molecule has 0 fully saturated rings. The van der Waals surface area contributed by atoms with Gasteiger partial charge in [0, 0.05) is 25.0 Å². The predicted molar refractivity (Wildman–Crippen MR) is 137 cm³/mol. The number of para-hydroxylation sites is 2. The van der Waals surface area contributed by atoms with Crippen molar-refractivity contribution in [1.82, 2.24) is 19.5 Å². The van der Waals surface area contributed by atoms with Gasteiger partial charge in [0.25, 0.3) is 0 Å². The summed E-state index contributed by atoms with van der Waals surface area (Å²) in [5.41, 5.74) is 1.17. The molecule has 1 aromatic carbocycles. The van der Waals surface area contributed by atoms with E-state index < -0.39 is 35.8 Å². The lowest BCUT2D eigenvalue weighted by molar-refractivity contribution is -0.153. The van der Waals surface area contributed by atoms with Crippen molar-refractivity contribution < 1.29 is 41.2 Å². The number of pyridine rings is 2. The topological polar surface area (TPSA) is 126 Å². The first-order valence-corrected chi connectivity index (χ1v) is 12.8. The van der Waals surface area contributed by atoms with Crippen molar-refractivity contribution in [3.63, 3.8) is 0 Å². The minimum absolute atomic E-state index is 0.0283. The first-order chi connectivity index (χ1) is 19.0. The van der Waals surface area contributed by atoms with Gasteiger partial charge in [0.05, 0.1) is 40.4 Å². The zero-order valence-corrected chi connectivity index (χ0v) is 22.2. The van der Waals surface area contributed by atoms with Crippen LogP contribution in [-0.4, -0.2) is 62.9 Å². The summed E-state index contributed by atoms with van der Waals surface area (Å²) >= 11 is 0. The maximum atomic E-state index is 13.8. The van der Waals surface area contributed by atoms with Crippen molar-refractivity contribution in [2.24, 2.45) is 0 Å². The fourth-order valence-corrected chi connectivity index (χ4v) is 4.89. The molecule has 4 rings (SSSR count). The van der Waals surface area contributed by atoms with E-state index in [1.165, 1.54) is 44.6 Å². The number of halogens is 3. The number of alkyl halides is 3. The van der Waals surface area contributed by atoms with Crippen LogP contribution < -0.4 is 14.4 Å². The molecule has 11 nitrogen and oxygen atoms in total. The highest BCUT2D eigenvalue weighted by Crippen LogP contribution is 2.29. The molecule has 4 aromatic rings.